The fourth-order valence-corrected chi connectivity index (χ4v) is 2.33. The van der Waals surface area contributed by atoms with E-state index in [0.29, 0.717) is 12.1 Å². The zero-order valence-electron chi connectivity index (χ0n) is 10.4. The summed E-state index contributed by atoms with van der Waals surface area (Å²) in [7, 11) is 0. The molecule has 1 aromatic heterocycles. The highest BCUT2D eigenvalue weighted by Gasteiger charge is 2.21. The summed E-state index contributed by atoms with van der Waals surface area (Å²) in [4.78, 5) is 6.91. The molecule has 0 aromatic carbocycles. The quantitative estimate of drug-likeness (QED) is 0.822. The van der Waals surface area contributed by atoms with Crippen molar-refractivity contribution in [2.75, 3.05) is 18.0 Å². The van der Waals surface area contributed by atoms with Gasteiger partial charge in [0, 0.05) is 31.4 Å². The second-order valence-electron chi connectivity index (χ2n) is 4.75. The van der Waals surface area contributed by atoms with Crippen LogP contribution in [0, 0.1) is 0 Å². The van der Waals surface area contributed by atoms with Gasteiger partial charge < -0.3 is 10.2 Å². The Hall–Kier alpha value is -1.09. The number of piperazine rings is 1. The molecule has 0 unspecified atom stereocenters. The molecule has 0 amide bonds. The van der Waals surface area contributed by atoms with Gasteiger partial charge in [0.1, 0.15) is 5.82 Å². The van der Waals surface area contributed by atoms with E-state index >= 15 is 0 Å². The number of aromatic nitrogens is 1. The first kappa shape index (κ1) is 11.4. The van der Waals surface area contributed by atoms with Crippen LogP contribution in [-0.4, -0.2) is 30.2 Å². The lowest BCUT2D eigenvalue weighted by molar-refractivity contribution is 0.405. The fourth-order valence-electron chi connectivity index (χ4n) is 2.33. The van der Waals surface area contributed by atoms with Crippen molar-refractivity contribution in [2.24, 2.45) is 0 Å². The molecule has 2 heterocycles. The lowest BCUT2D eigenvalue weighted by Gasteiger charge is -2.36. The molecule has 0 radical (unpaired) electrons. The number of aryl methyl sites for hydroxylation is 1. The predicted molar refractivity (Wildman–Crippen MR) is 67.9 cm³/mol. The highest BCUT2D eigenvalue weighted by atomic mass is 15.2. The van der Waals surface area contributed by atoms with Gasteiger partial charge in [-0.15, -0.1) is 0 Å². The van der Waals surface area contributed by atoms with Gasteiger partial charge in [0.05, 0.1) is 0 Å². The van der Waals surface area contributed by atoms with Crippen LogP contribution in [0.15, 0.2) is 18.3 Å². The summed E-state index contributed by atoms with van der Waals surface area (Å²) in [5.41, 5.74) is 1.31. The molecular weight excluding hydrogens is 198 g/mol. The number of hydrogen-bond donors (Lipinski definition) is 1. The summed E-state index contributed by atoms with van der Waals surface area (Å²) >= 11 is 0. The molecule has 0 bridgehead atoms. The van der Waals surface area contributed by atoms with Gasteiger partial charge in [-0.3, -0.25) is 0 Å². The third-order valence-electron chi connectivity index (χ3n) is 3.10. The van der Waals surface area contributed by atoms with Crippen molar-refractivity contribution in [1.29, 1.82) is 0 Å². The number of anilines is 1. The topological polar surface area (TPSA) is 28.2 Å². The van der Waals surface area contributed by atoms with Crippen molar-refractivity contribution < 1.29 is 0 Å². The summed E-state index contributed by atoms with van der Waals surface area (Å²) in [6, 6.07) is 5.40. The molecule has 88 valence electrons. The van der Waals surface area contributed by atoms with Crippen molar-refractivity contribution in [3.63, 3.8) is 0 Å². The number of hydrogen-bond acceptors (Lipinski definition) is 3. The minimum absolute atomic E-state index is 0.538. The standard InChI is InChI=1S/C13H21N3/c1-4-12-5-6-13(14-7-12)16-8-10(2)15-11(3)9-16/h5-7,10-11,15H,4,8-9H2,1-3H3/t10-,11+. The molecule has 0 saturated carbocycles. The molecule has 2 rings (SSSR count). The molecule has 3 nitrogen and oxygen atoms in total. The minimum Gasteiger partial charge on any atom is -0.354 e. The van der Waals surface area contributed by atoms with Crippen LogP contribution in [0.4, 0.5) is 5.82 Å². The molecule has 1 N–H and O–H groups in total. The fraction of sp³-hybridized carbons (Fsp3) is 0.615. The van der Waals surface area contributed by atoms with Gasteiger partial charge in [-0.05, 0) is 31.9 Å². The second-order valence-corrected chi connectivity index (χ2v) is 4.75. The van der Waals surface area contributed by atoms with Crippen LogP contribution >= 0.6 is 0 Å². The Bertz CT molecular complexity index is 324. The molecule has 1 fully saturated rings. The number of pyridine rings is 1. The first-order valence-electron chi connectivity index (χ1n) is 6.15. The molecule has 1 saturated heterocycles. The van der Waals surface area contributed by atoms with Crippen LogP contribution in [-0.2, 0) is 6.42 Å². The lowest BCUT2D eigenvalue weighted by atomic mass is 10.1. The van der Waals surface area contributed by atoms with Crippen LogP contribution in [0.5, 0.6) is 0 Å². The Kier molecular flexibility index (Phi) is 3.44. The Morgan fingerprint density at radius 3 is 2.50 bits per heavy atom. The van der Waals surface area contributed by atoms with Crippen molar-refractivity contribution in [1.82, 2.24) is 10.3 Å². The van der Waals surface area contributed by atoms with Gasteiger partial charge >= 0.3 is 0 Å². The van der Waals surface area contributed by atoms with Gasteiger partial charge in [0.2, 0.25) is 0 Å². The van der Waals surface area contributed by atoms with Gasteiger partial charge in [-0.2, -0.15) is 0 Å². The zero-order valence-corrected chi connectivity index (χ0v) is 10.4. The Morgan fingerprint density at radius 2 is 2.00 bits per heavy atom. The molecule has 1 aliphatic rings. The number of nitrogens with one attached hydrogen (secondary N) is 1. The SMILES string of the molecule is CCc1ccc(N2C[C@@H](C)N[C@@H](C)C2)nc1. The molecule has 16 heavy (non-hydrogen) atoms. The molecule has 2 atom stereocenters. The van der Waals surface area contributed by atoms with Crippen LogP contribution in [0.2, 0.25) is 0 Å². The van der Waals surface area contributed by atoms with Gasteiger partial charge in [0.25, 0.3) is 0 Å². The van der Waals surface area contributed by atoms with Crippen LogP contribution < -0.4 is 10.2 Å². The summed E-state index contributed by atoms with van der Waals surface area (Å²) in [6.07, 6.45) is 3.05. The third-order valence-corrected chi connectivity index (χ3v) is 3.10. The van der Waals surface area contributed by atoms with E-state index in [1.807, 2.05) is 6.20 Å². The average Bonchev–Trinajstić information content (AvgIpc) is 2.28. The summed E-state index contributed by atoms with van der Waals surface area (Å²) in [6.45, 7) is 8.70. The maximum atomic E-state index is 4.54. The van der Waals surface area contributed by atoms with Crippen molar-refractivity contribution in [2.45, 2.75) is 39.3 Å². The van der Waals surface area contributed by atoms with Gasteiger partial charge in [-0.25, -0.2) is 4.98 Å². The van der Waals surface area contributed by atoms with Crippen molar-refractivity contribution in [3.05, 3.63) is 23.9 Å². The first-order chi connectivity index (χ1) is 7.69. The van der Waals surface area contributed by atoms with Crippen LogP contribution in [0.25, 0.3) is 0 Å². The van der Waals surface area contributed by atoms with Crippen LogP contribution in [0.3, 0.4) is 0 Å². The summed E-state index contributed by atoms with van der Waals surface area (Å²) in [5, 5.41) is 3.53. The van der Waals surface area contributed by atoms with E-state index in [1.54, 1.807) is 0 Å². The number of rotatable bonds is 2. The molecule has 0 aliphatic carbocycles. The summed E-state index contributed by atoms with van der Waals surface area (Å²) < 4.78 is 0. The van der Waals surface area contributed by atoms with Crippen molar-refractivity contribution in [3.8, 4) is 0 Å². The molecule has 1 aliphatic heterocycles. The molecule has 0 spiro atoms. The zero-order chi connectivity index (χ0) is 11.5. The summed E-state index contributed by atoms with van der Waals surface area (Å²) in [5.74, 6) is 1.11. The third kappa shape index (κ3) is 2.53. The highest BCUT2D eigenvalue weighted by Crippen LogP contribution is 2.15. The number of nitrogens with zero attached hydrogens (tertiary/aromatic N) is 2. The minimum atomic E-state index is 0.538. The maximum Gasteiger partial charge on any atom is 0.128 e. The second kappa shape index (κ2) is 4.83. The lowest BCUT2D eigenvalue weighted by Crippen LogP contribution is -2.54. The van der Waals surface area contributed by atoms with E-state index in [1.165, 1.54) is 5.56 Å². The first-order valence-corrected chi connectivity index (χ1v) is 6.15. The van der Waals surface area contributed by atoms with Gasteiger partial charge in [0.15, 0.2) is 0 Å². The predicted octanol–water partition coefficient (Wildman–Crippen LogP) is 1.83. The van der Waals surface area contributed by atoms with E-state index < -0.39 is 0 Å². The van der Waals surface area contributed by atoms with E-state index in [0.717, 1.165) is 25.3 Å². The molecular formula is C13H21N3. The largest absolute Gasteiger partial charge is 0.354 e. The van der Waals surface area contributed by atoms with E-state index in [4.69, 9.17) is 0 Å². The smallest absolute Gasteiger partial charge is 0.128 e. The van der Waals surface area contributed by atoms with E-state index in [9.17, 15) is 0 Å². The normalized spacial score (nSPS) is 25.8. The van der Waals surface area contributed by atoms with E-state index in [2.05, 4.69) is 48.1 Å². The van der Waals surface area contributed by atoms with Crippen molar-refractivity contribution >= 4 is 5.82 Å². The van der Waals surface area contributed by atoms with Gasteiger partial charge in [-0.1, -0.05) is 13.0 Å². The Labute approximate surface area is 97.9 Å². The maximum absolute atomic E-state index is 4.54. The Balaban J connectivity index is 2.10. The Morgan fingerprint density at radius 1 is 1.31 bits per heavy atom. The van der Waals surface area contributed by atoms with E-state index in [-0.39, 0.29) is 0 Å². The van der Waals surface area contributed by atoms with Crippen LogP contribution in [0.1, 0.15) is 26.3 Å². The molecule has 1 aromatic rings. The molecule has 3 heteroatoms. The monoisotopic (exact) mass is 219 g/mol. The average molecular weight is 219 g/mol. The highest BCUT2D eigenvalue weighted by molar-refractivity contribution is 5.40.